The predicted molar refractivity (Wildman–Crippen MR) is 114 cm³/mol. The molecule has 168 valence electrons. The lowest BCUT2D eigenvalue weighted by Crippen LogP contribution is -2.46. The van der Waals surface area contributed by atoms with Crippen LogP contribution >= 0.6 is 0 Å². The summed E-state index contributed by atoms with van der Waals surface area (Å²) in [5, 5.41) is 0.786. The van der Waals surface area contributed by atoms with Gasteiger partial charge in [-0.3, -0.25) is 20.4 Å². The third kappa shape index (κ3) is 4.12. The van der Waals surface area contributed by atoms with Crippen molar-refractivity contribution in [1.82, 2.24) is 15.2 Å². The Morgan fingerprint density at radius 3 is 2.50 bits per heavy atom. The summed E-state index contributed by atoms with van der Waals surface area (Å²) in [6.45, 7) is 1.92. The van der Waals surface area contributed by atoms with Crippen molar-refractivity contribution < 1.29 is 31.9 Å². The average Bonchev–Trinajstić information content (AvgIpc) is 3.13. The number of hydrazine groups is 1. The van der Waals surface area contributed by atoms with Gasteiger partial charge in [0.15, 0.2) is 17.3 Å². The number of rotatable bonds is 5. The van der Waals surface area contributed by atoms with Crippen LogP contribution in [0.25, 0.3) is 11.0 Å². The fourth-order valence-electron chi connectivity index (χ4n) is 3.26. The van der Waals surface area contributed by atoms with Gasteiger partial charge in [0.25, 0.3) is 5.91 Å². The molecule has 2 N–H and O–H groups in total. The van der Waals surface area contributed by atoms with Crippen molar-refractivity contribution in [2.75, 3.05) is 26.8 Å². The van der Waals surface area contributed by atoms with Crippen LogP contribution in [0.4, 0.5) is 0 Å². The van der Waals surface area contributed by atoms with Crippen LogP contribution in [-0.2, 0) is 14.8 Å². The third-order valence-corrected chi connectivity index (χ3v) is 6.75. The van der Waals surface area contributed by atoms with E-state index < -0.39 is 28.4 Å². The Labute approximate surface area is 184 Å². The van der Waals surface area contributed by atoms with Crippen LogP contribution in [0.15, 0.2) is 51.8 Å². The molecule has 1 aliphatic heterocycles. The Morgan fingerprint density at radius 2 is 1.75 bits per heavy atom. The molecule has 0 radical (unpaired) electrons. The van der Waals surface area contributed by atoms with Crippen molar-refractivity contribution in [2.24, 2.45) is 0 Å². The highest BCUT2D eigenvalue weighted by atomic mass is 32.2. The van der Waals surface area contributed by atoms with Gasteiger partial charge < -0.3 is 13.9 Å². The number of nitrogens with zero attached hydrogens (tertiary/aromatic N) is 1. The molecule has 0 bridgehead atoms. The van der Waals surface area contributed by atoms with Gasteiger partial charge >= 0.3 is 5.91 Å². The molecule has 11 heteroatoms. The van der Waals surface area contributed by atoms with Crippen LogP contribution in [0, 0.1) is 6.92 Å². The van der Waals surface area contributed by atoms with Gasteiger partial charge in [0.1, 0.15) is 18.8 Å². The monoisotopic (exact) mass is 459 g/mol. The number of sulfonamides is 1. The van der Waals surface area contributed by atoms with E-state index in [1.165, 1.54) is 25.2 Å². The zero-order chi connectivity index (χ0) is 22.9. The predicted octanol–water partition coefficient (Wildman–Crippen LogP) is 1.59. The topological polar surface area (TPSA) is 127 Å². The molecule has 2 heterocycles. The molecule has 0 spiro atoms. The number of amides is 2. The summed E-state index contributed by atoms with van der Waals surface area (Å²) in [6.07, 6.45) is 0. The molecule has 3 aromatic rings. The van der Waals surface area contributed by atoms with Crippen molar-refractivity contribution in [2.45, 2.75) is 11.8 Å². The maximum atomic E-state index is 12.8. The van der Waals surface area contributed by atoms with Gasteiger partial charge in [-0.1, -0.05) is 18.2 Å². The number of hydrogen-bond acceptors (Lipinski definition) is 7. The number of fused-ring (bicyclic) bond motifs is 2. The second kappa shape index (κ2) is 8.52. The summed E-state index contributed by atoms with van der Waals surface area (Å²) >= 11 is 0. The largest absolute Gasteiger partial charge is 0.486 e. The number of hydrogen-bond donors (Lipinski definition) is 2. The average molecular weight is 459 g/mol. The Kier molecular flexibility index (Phi) is 5.76. The van der Waals surface area contributed by atoms with Crippen molar-refractivity contribution in [3.63, 3.8) is 0 Å². The Hall–Kier alpha value is -3.57. The van der Waals surface area contributed by atoms with Crippen LogP contribution in [-0.4, -0.2) is 51.3 Å². The zero-order valence-corrected chi connectivity index (χ0v) is 18.2. The van der Waals surface area contributed by atoms with E-state index in [-0.39, 0.29) is 10.7 Å². The molecule has 0 saturated carbocycles. The number of likely N-dealkylation sites (N-methyl/N-ethyl adjacent to an activating group) is 1. The second-order valence-corrected chi connectivity index (χ2v) is 9.17. The lowest BCUT2D eigenvalue weighted by atomic mass is 10.1. The third-order valence-electron chi connectivity index (χ3n) is 4.95. The molecular formula is C21H21N3O7S. The van der Waals surface area contributed by atoms with Crippen molar-refractivity contribution in [1.29, 1.82) is 0 Å². The number of aryl methyl sites for hydroxylation is 1. The molecule has 1 aliphatic rings. The van der Waals surface area contributed by atoms with E-state index in [2.05, 4.69) is 10.9 Å². The van der Waals surface area contributed by atoms with E-state index in [0.717, 1.165) is 9.69 Å². The first-order valence-electron chi connectivity index (χ1n) is 9.70. The highest BCUT2D eigenvalue weighted by Crippen LogP contribution is 2.33. The fraction of sp³-hybridized carbons (Fsp3) is 0.238. The number of carbonyl (C=O) groups is 2. The first-order valence-corrected chi connectivity index (χ1v) is 11.1. The zero-order valence-electron chi connectivity index (χ0n) is 17.4. The van der Waals surface area contributed by atoms with Crippen LogP contribution in [0.2, 0.25) is 0 Å². The summed E-state index contributed by atoms with van der Waals surface area (Å²) in [6, 6.07) is 11.4. The summed E-state index contributed by atoms with van der Waals surface area (Å²) in [5.41, 5.74) is 5.63. The summed E-state index contributed by atoms with van der Waals surface area (Å²) in [5.74, 6) is -0.535. The standard InChI is InChI=1S/C21H21N3O7S/c1-13-15-5-3-4-6-16(15)31-20(13)21(26)23-22-19(25)12-24(2)32(27,28)14-7-8-17-18(11-14)30-10-9-29-17/h3-8,11H,9-10,12H2,1-2H3,(H,22,25)(H,23,26). The normalized spacial score (nSPS) is 13.2. The molecule has 1 aromatic heterocycles. The maximum absolute atomic E-state index is 12.8. The van der Waals surface area contributed by atoms with Crippen molar-refractivity contribution in [3.05, 3.63) is 53.8 Å². The minimum absolute atomic E-state index is 0.0426. The fourth-order valence-corrected chi connectivity index (χ4v) is 4.41. The minimum atomic E-state index is -3.98. The summed E-state index contributed by atoms with van der Waals surface area (Å²) in [4.78, 5) is 24.6. The first kappa shape index (κ1) is 21.7. The molecule has 2 amide bonds. The number of ether oxygens (including phenoxy) is 2. The van der Waals surface area contributed by atoms with Gasteiger partial charge in [-0.25, -0.2) is 8.42 Å². The smallest absolute Gasteiger partial charge is 0.305 e. The minimum Gasteiger partial charge on any atom is -0.486 e. The molecule has 0 aliphatic carbocycles. The maximum Gasteiger partial charge on any atom is 0.305 e. The van der Waals surface area contributed by atoms with Crippen molar-refractivity contribution >= 4 is 32.8 Å². The van der Waals surface area contributed by atoms with Gasteiger partial charge in [-0.2, -0.15) is 4.31 Å². The SMILES string of the molecule is Cc1c(C(=O)NNC(=O)CN(C)S(=O)(=O)c2ccc3c(c2)OCCO3)oc2ccccc12. The van der Waals surface area contributed by atoms with Gasteiger partial charge in [-0.05, 0) is 25.1 Å². The Morgan fingerprint density at radius 1 is 1.03 bits per heavy atom. The quantitative estimate of drug-likeness (QED) is 0.555. The highest BCUT2D eigenvalue weighted by molar-refractivity contribution is 7.89. The van der Waals surface area contributed by atoms with E-state index >= 15 is 0 Å². The molecule has 2 aromatic carbocycles. The molecule has 0 unspecified atom stereocenters. The number of nitrogens with one attached hydrogen (secondary N) is 2. The Balaban J connectivity index is 1.39. The lowest BCUT2D eigenvalue weighted by Gasteiger charge is -2.21. The molecule has 0 saturated heterocycles. The number of benzene rings is 2. The van der Waals surface area contributed by atoms with E-state index in [1.54, 1.807) is 19.1 Å². The van der Waals surface area contributed by atoms with E-state index in [9.17, 15) is 18.0 Å². The molecule has 0 atom stereocenters. The highest BCUT2D eigenvalue weighted by Gasteiger charge is 2.26. The van der Waals surface area contributed by atoms with E-state index in [0.29, 0.717) is 35.9 Å². The number of furan rings is 1. The number of carbonyl (C=O) groups excluding carboxylic acids is 2. The lowest BCUT2D eigenvalue weighted by molar-refractivity contribution is -0.121. The van der Waals surface area contributed by atoms with Crippen LogP contribution < -0.4 is 20.3 Å². The molecule has 4 rings (SSSR count). The summed E-state index contributed by atoms with van der Waals surface area (Å²) < 4.78 is 42.8. The van der Waals surface area contributed by atoms with E-state index in [4.69, 9.17) is 13.9 Å². The Bertz CT molecular complexity index is 1300. The molecular weight excluding hydrogens is 438 g/mol. The van der Waals surface area contributed by atoms with Gasteiger partial charge in [0.05, 0.1) is 11.4 Å². The van der Waals surface area contributed by atoms with Crippen molar-refractivity contribution in [3.8, 4) is 11.5 Å². The van der Waals surface area contributed by atoms with Gasteiger partial charge in [-0.15, -0.1) is 0 Å². The first-order chi connectivity index (χ1) is 15.3. The van der Waals surface area contributed by atoms with Crippen LogP contribution in [0.5, 0.6) is 11.5 Å². The molecule has 32 heavy (non-hydrogen) atoms. The van der Waals surface area contributed by atoms with Crippen LogP contribution in [0.3, 0.4) is 0 Å². The summed E-state index contributed by atoms with van der Waals surface area (Å²) in [7, 11) is -2.72. The second-order valence-electron chi connectivity index (χ2n) is 7.12. The van der Waals surface area contributed by atoms with Gasteiger partial charge in [0, 0.05) is 24.1 Å². The van der Waals surface area contributed by atoms with Gasteiger partial charge in [0.2, 0.25) is 10.0 Å². The van der Waals surface area contributed by atoms with E-state index in [1.807, 2.05) is 12.1 Å². The molecule has 0 fully saturated rings. The molecule has 10 nitrogen and oxygen atoms in total. The number of para-hydroxylation sites is 1. The van der Waals surface area contributed by atoms with Crippen LogP contribution in [0.1, 0.15) is 16.1 Å².